The molecule has 1 N–H and O–H groups in total. The first kappa shape index (κ1) is 12.7. The third-order valence-electron chi connectivity index (χ3n) is 2.66. The lowest BCUT2D eigenvalue weighted by atomic mass is 10.1. The van der Waals surface area contributed by atoms with E-state index >= 15 is 0 Å². The Bertz CT molecular complexity index is 356. The molecule has 0 saturated carbocycles. The Morgan fingerprint density at radius 2 is 2.41 bits per heavy atom. The Morgan fingerprint density at radius 3 is 3.12 bits per heavy atom. The van der Waals surface area contributed by atoms with Crippen LogP contribution in [0.1, 0.15) is 19.7 Å². The number of ether oxygens (including phenoxy) is 1. The van der Waals surface area contributed by atoms with E-state index in [1.807, 2.05) is 0 Å². The largest absolute Gasteiger partial charge is 0.394 e. The summed E-state index contributed by atoms with van der Waals surface area (Å²) in [7, 11) is 0. The zero-order valence-electron chi connectivity index (χ0n) is 10.3. The molecular weight excluding hydrogens is 238 g/mol. The highest BCUT2D eigenvalue weighted by Crippen LogP contribution is 2.21. The second kappa shape index (κ2) is 5.75. The van der Waals surface area contributed by atoms with E-state index < -0.39 is 0 Å². The predicted molar refractivity (Wildman–Crippen MR) is 67.5 cm³/mol. The second-order valence-corrected chi connectivity index (χ2v) is 5.44. The van der Waals surface area contributed by atoms with Gasteiger partial charge in [0.05, 0.1) is 19.3 Å². The number of aliphatic hydroxyl groups is 1. The Hall–Kier alpha value is -0.720. The van der Waals surface area contributed by atoms with Gasteiger partial charge in [0.1, 0.15) is 5.82 Å². The van der Waals surface area contributed by atoms with Crippen LogP contribution >= 0.6 is 11.5 Å². The van der Waals surface area contributed by atoms with Crippen molar-refractivity contribution >= 4 is 16.7 Å². The number of aliphatic hydroxyl groups excluding tert-OH is 1. The summed E-state index contributed by atoms with van der Waals surface area (Å²) in [5.74, 6) is 1.50. The number of rotatable bonds is 4. The van der Waals surface area contributed by atoms with Crippen molar-refractivity contribution in [1.29, 1.82) is 0 Å². The standard InChI is InChI=1S/C11H19N3O2S/c1-8(2)5-10-12-11(17-13-10)14-3-4-16-9(6-14)7-15/h8-9,15H,3-7H2,1-2H3. The van der Waals surface area contributed by atoms with Crippen molar-refractivity contribution in [2.75, 3.05) is 31.2 Å². The number of nitrogens with zero attached hydrogens (tertiary/aromatic N) is 3. The zero-order valence-corrected chi connectivity index (χ0v) is 11.1. The minimum atomic E-state index is -0.0961. The van der Waals surface area contributed by atoms with Gasteiger partial charge in [-0.3, -0.25) is 0 Å². The van der Waals surface area contributed by atoms with E-state index in [0.29, 0.717) is 19.1 Å². The molecule has 5 nitrogen and oxygen atoms in total. The molecule has 96 valence electrons. The fourth-order valence-corrected chi connectivity index (χ4v) is 2.55. The number of anilines is 1. The first-order valence-electron chi connectivity index (χ1n) is 5.99. The summed E-state index contributed by atoms with van der Waals surface area (Å²) in [4.78, 5) is 6.68. The average molecular weight is 257 g/mol. The van der Waals surface area contributed by atoms with Gasteiger partial charge in [-0.1, -0.05) is 13.8 Å². The van der Waals surface area contributed by atoms with Gasteiger partial charge in [-0.2, -0.15) is 4.37 Å². The van der Waals surface area contributed by atoms with Crippen LogP contribution in [0.15, 0.2) is 0 Å². The van der Waals surface area contributed by atoms with Gasteiger partial charge >= 0.3 is 0 Å². The van der Waals surface area contributed by atoms with Crippen molar-refractivity contribution in [3.63, 3.8) is 0 Å². The molecule has 0 spiro atoms. The maximum absolute atomic E-state index is 9.10. The van der Waals surface area contributed by atoms with Crippen molar-refractivity contribution in [3.8, 4) is 0 Å². The van der Waals surface area contributed by atoms with Gasteiger partial charge in [0, 0.05) is 31.0 Å². The van der Waals surface area contributed by atoms with Crippen molar-refractivity contribution in [2.24, 2.45) is 5.92 Å². The Morgan fingerprint density at radius 1 is 1.59 bits per heavy atom. The lowest BCUT2D eigenvalue weighted by Crippen LogP contribution is -2.44. The first-order chi connectivity index (χ1) is 8.19. The van der Waals surface area contributed by atoms with Crippen LogP contribution in [0, 0.1) is 5.92 Å². The normalized spacial score (nSPS) is 21.2. The summed E-state index contributed by atoms with van der Waals surface area (Å²) in [6, 6.07) is 0. The van der Waals surface area contributed by atoms with Gasteiger partial charge < -0.3 is 14.7 Å². The van der Waals surface area contributed by atoms with Crippen molar-refractivity contribution in [1.82, 2.24) is 9.36 Å². The quantitative estimate of drug-likeness (QED) is 0.869. The molecule has 2 rings (SSSR count). The van der Waals surface area contributed by atoms with Gasteiger partial charge in [0.2, 0.25) is 5.13 Å². The molecule has 0 radical (unpaired) electrons. The van der Waals surface area contributed by atoms with Crippen LogP contribution in [-0.2, 0) is 11.2 Å². The van der Waals surface area contributed by atoms with Gasteiger partial charge in [-0.05, 0) is 5.92 Å². The summed E-state index contributed by atoms with van der Waals surface area (Å²) in [6.07, 6.45) is 0.825. The molecule has 6 heteroatoms. The minimum Gasteiger partial charge on any atom is -0.394 e. The number of aromatic nitrogens is 2. The van der Waals surface area contributed by atoms with Crippen LogP contribution in [0.2, 0.25) is 0 Å². The smallest absolute Gasteiger partial charge is 0.205 e. The van der Waals surface area contributed by atoms with Crippen LogP contribution in [-0.4, -0.2) is 46.9 Å². The van der Waals surface area contributed by atoms with Crippen LogP contribution in [0.3, 0.4) is 0 Å². The van der Waals surface area contributed by atoms with E-state index in [4.69, 9.17) is 9.84 Å². The Balaban J connectivity index is 1.99. The van der Waals surface area contributed by atoms with Crippen LogP contribution in [0.25, 0.3) is 0 Å². The molecule has 1 aliphatic heterocycles. The van der Waals surface area contributed by atoms with Crippen molar-refractivity contribution < 1.29 is 9.84 Å². The molecule has 17 heavy (non-hydrogen) atoms. The first-order valence-corrected chi connectivity index (χ1v) is 6.76. The van der Waals surface area contributed by atoms with E-state index in [0.717, 1.165) is 23.9 Å². The maximum Gasteiger partial charge on any atom is 0.205 e. The monoisotopic (exact) mass is 257 g/mol. The highest BCUT2D eigenvalue weighted by atomic mass is 32.1. The molecule has 0 aliphatic carbocycles. The number of hydrogen-bond acceptors (Lipinski definition) is 6. The third kappa shape index (κ3) is 3.37. The van der Waals surface area contributed by atoms with Gasteiger partial charge in [0.15, 0.2) is 0 Å². The fraction of sp³-hybridized carbons (Fsp3) is 0.818. The lowest BCUT2D eigenvalue weighted by molar-refractivity contribution is 0.00355. The van der Waals surface area contributed by atoms with E-state index in [1.54, 1.807) is 0 Å². The summed E-state index contributed by atoms with van der Waals surface area (Å²) in [5.41, 5.74) is 0. The Labute approximate surface area is 106 Å². The fourth-order valence-electron chi connectivity index (χ4n) is 1.82. The molecule has 1 atom stereocenters. The van der Waals surface area contributed by atoms with E-state index in [-0.39, 0.29) is 12.7 Å². The Kier molecular flexibility index (Phi) is 4.31. The molecule has 1 aliphatic rings. The zero-order chi connectivity index (χ0) is 12.3. The highest BCUT2D eigenvalue weighted by molar-refractivity contribution is 7.09. The topological polar surface area (TPSA) is 58.5 Å². The number of hydrogen-bond donors (Lipinski definition) is 1. The molecule has 1 aromatic heterocycles. The summed E-state index contributed by atoms with van der Waals surface area (Å²) >= 11 is 1.44. The number of morpholine rings is 1. The van der Waals surface area contributed by atoms with E-state index in [2.05, 4.69) is 28.1 Å². The van der Waals surface area contributed by atoms with Crippen LogP contribution in [0.4, 0.5) is 5.13 Å². The second-order valence-electron chi connectivity index (χ2n) is 4.71. The van der Waals surface area contributed by atoms with Crippen LogP contribution in [0.5, 0.6) is 0 Å². The molecule has 1 fully saturated rings. The summed E-state index contributed by atoms with van der Waals surface area (Å²) in [6.45, 7) is 6.56. The van der Waals surface area contributed by atoms with Crippen molar-refractivity contribution in [2.45, 2.75) is 26.4 Å². The predicted octanol–water partition coefficient (Wildman–Crippen LogP) is 0.934. The summed E-state index contributed by atoms with van der Waals surface area (Å²) < 4.78 is 9.78. The van der Waals surface area contributed by atoms with E-state index in [1.165, 1.54) is 11.5 Å². The molecule has 1 saturated heterocycles. The molecule has 1 unspecified atom stereocenters. The van der Waals surface area contributed by atoms with E-state index in [9.17, 15) is 0 Å². The molecular formula is C11H19N3O2S. The third-order valence-corrected chi connectivity index (χ3v) is 3.48. The molecule has 0 amide bonds. The molecule has 0 bridgehead atoms. The molecule has 0 aromatic carbocycles. The minimum absolute atomic E-state index is 0.0636. The molecule has 1 aromatic rings. The molecule has 2 heterocycles. The SMILES string of the molecule is CC(C)Cc1nsc(N2CCOC(CO)C2)n1. The van der Waals surface area contributed by atoms with Gasteiger partial charge in [0.25, 0.3) is 0 Å². The van der Waals surface area contributed by atoms with Crippen LogP contribution < -0.4 is 4.90 Å². The maximum atomic E-state index is 9.10. The summed E-state index contributed by atoms with van der Waals surface area (Å²) in [5, 5.41) is 10.0. The average Bonchev–Trinajstić information content (AvgIpc) is 2.77. The highest BCUT2D eigenvalue weighted by Gasteiger charge is 2.22. The van der Waals surface area contributed by atoms with Gasteiger partial charge in [-0.25, -0.2) is 4.98 Å². The lowest BCUT2D eigenvalue weighted by Gasteiger charge is -2.31. The van der Waals surface area contributed by atoms with Crippen molar-refractivity contribution in [3.05, 3.63) is 5.82 Å². The van der Waals surface area contributed by atoms with Gasteiger partial charge in [-0.15, -0.1) is 0 Å².